The third-order valence-electron chi connectivity index (χ3n) is 4.15. The van der Waals surface area contributed by atoms with Crippen molar-refractivity contribution in [3.63, 3.8) is 0 Å². The molecule has 0 aliphatic rings. The molecule has 126 valence electrons. The summed E-state index contributed by atoms with van der Waals surface area (Å²) in [6.45, 7) is 6.70. The van der Waals surface area contributed by atoms with E-state index in [1.165, 1.54) is 5.56 Å². The fraction of sp³-hybridized carbons (Fsp3) is 0.250. The maximum Gasteiger partial charge on any atom is 0.156 e. The molecular formula is C20H21N5. The van der Waals surface area contributed by atoms with Gasteiger partial charge in [-0.15, -0.1) is 0 Å². The van der Waals surface area contributed by atoms with Gasteiger partial charge in [-0.05, 0) is 23.5 Å². The number of rotatable bonds is 3. The summed E-state index contributed by atoms with van der Waals surface area (Å²) in [6, 6.07) is 8.26. The van der Waals surface area contributed by atoms with Gasteiger partial charge in [0.15, 0.2) is 5.65 Å². The van der Waals surface area contributed by atoms with Crippen LogP contribution in [0.1, 0.15) is 26.3 Å². The second-order valence-electron chi connectivity index (χ2n) is 7.55. The standard InChI is InChI=1S/C20H21N5/c1-20(2,3)8-15-9-22-19-18(15)25-17(11-23-19)14-6-4-5-13(7-14)16-10-21-12-24-16/h4-7,9-12H,8H2,1-3H3,(H,21,24)(H,22,23). The lowest BCUT2D eigenvalue weighted by Crippen LogP contribution is -2.08. The lowest BCUT2D eigenvalue weighted by atomic mass is 9.89. The number of nitrogens with zero attached hydrogens (tertiary/aromatic N) is 3. The van der Waals surface area contributed by atoms with E-state index >= 15 is 0 Å². The number of aromatic nitrogens is 5. The molecule has 4 rings (SSSR count). The van der Waals surface area contributed by atoms with Crippen molar-refractivity contribution in [2.75, 3.05) is 0 Å². The molecule has 0 saturated carbocycles. The summed E-state index contributed by atoms with van der Waals surface area (Å²) in [5, 5.41) is 0. The normalized spacial score (nSPS) is 12.0. The van der Waals surface area contributed by atoms with Gasteiger partial charge in [-0.3, -0.25) is 0 Å². The van der Waals surface area contributed by atoms with Crippen molar-refractivity contribution in [1.82, 2.24) is 24.9 Å². The molecule has 1 aromatic carbocycles. The molecule has 0 saturated heterocycles. The molecule has 0 radical (unpaired) electrons. The Labute approximate surface area is 146 Å². The Balaban J connectivity index is 1.77. The summed E-state index contributed by atoms with van der Waals surface area (Å²) >= 11 is 0. The first-order valence-electron chi connectivity index (χ1n) is 8.42. The monoisotopic (exact) mass is 331 g/mol. The zero-order valence-electron chi connectivity index (χ0n) is 14.7. The van der Waals surface area contributed by atoms with E-state index in [1.807, 2.05) is 24.7 Å². The van der Waals surface area contributed by atoms with Crippen LogP contribution in [-0.2, 0) is 6.42 Å². The molecule has 3 heterocycles. The molecule has 3 aromatic heterocycles. The van der Waals surface area contributed by atoms with Gasteiger partial charge in [0.05, 0.1) is 30.1 Å². The van der Waals surface area contributed by atoms with Gasteiger partial charge in [-0.25, -0.2) is 15.0 Å². The van der Waals surface area contributed by atoms with E-state index < -0.39 is 0 Å². The second kappa shape index (κ2) is 5.84. The Kier molecular flexibility index (Phi) is 3.64. The number of fused-ring (bicyclic) bond motifs is 1. The highest BCUT2D eigenvalue weighted by Crippen LogP contribution is 2.28. The SMILES string of the molecule is CC(C)(C)Cc1c[nH]c2ncc(-c3cccc(-c4cnc[nH]4)c3)nc12. The van der Waals surface area contributed by atoms with E-state index in [4.69, 9.17) is 4.98 Å². The van der Waals surface area contributed by atoms with Crippen LogP contribution < -0.4 is 0 Å². The minimum Gasteiger partial charge on any atom is -0.345 e. The van der Waals surface area contributed by atoms with Crippen LogP contribution in [0.2, 0.25) is 0 Å². The van der Waals surface area contributed by atoms with Crippen LogP contribution in [0.15, 0.2) is 49.2 Å². The van der Waals surface area contributed by atoms with Gasteiger partial charge in [0.1, 0.15) is 5.52 Å². The molecule has 0 amide bonds. The molecule has 5 nitrogen and oxygen atoms in total. The van der Waals surface area contributed by atoms with Crippen LogP contribution >= 0.6 is 0 Å². The number of H-pyrrole nitrogens is 2. The third kappa shape index (κ3) is 3.18. The molecule has 5 heteroatoms. The van der Waals surface area contributed by atoms with Crippen molar-refractivity contribution in [2.45, 2.75) is 27.2 Å². The maximum atomic E-state index is 4.89. The quantitative estimate of drug-likeness (QED) is 0.576. The summed E-state index contributed by atoms with van der Waals surface area (Å²) in [5.74, 6) is 0. The largest absolute Gasteiger partial charge is 0.345 e. The van der Waals surface area contributed by atoms with E-state index in [2.05, 4.69) is 58.9 Å². The summed E-state index contributed by atoms with van der Waals surface area (Å²) < 4.78 is 0. The van der Waals surface area contributed by atoms with Crippen LogP contribution in [0.3, 0.4) is 0 Å². The Hall–Kier alpha value is -2.95. The molecule has 2 N–H and O–H groups in total. The van der Waals surface area contributed by atoms with E-state index in [0.717, 1.165) is 40.1 Å². The topological polar surface area (TPSA) is 70.2 Å². The van der Waals surface area contributed by atoms with Crippen molar-refractivity contribution in [2.24, 2.45) is 5.41 Å². The number of nitrogens with one attached hydrogen (secondary N) is 2. The number of imidazole rings is 1. The molecule has 0 unspecified atom stereocenters. The number of aromatic amines is 2. The van der Waals surface area contributed by atoms with Crippen molar-refractivity contribution in [1.29, 1.82) is 0 Å². The van der Waals surface area contributed by atoms with Gasteiger partial charge < -0.3 is 9.97 Å². The highest BCUT2D eigenvalue weighted by atomic mass is 14.9. The van der Waals surface area contributed by atoms with Gasteiger partial charge in [0, 0.05) is 17.3 Å². The Morgan fingerprint density at radius 3 is 2.64 bits per heavy atom. The van der Waals surface area contributed by atoms with Gasteiger partial charge >= 0.3 is 0 Å². The summed E-state index contributed by atoms with van der Waals surface area (Å²) in [4.78, 5) is 19.9. The highest BCUT2D eigenvalue weighted by molar-refractivity contribution is 5.79. The molecule has 25 heavy (non-hydrogen) atoms. The van der Waals surface area contributed by atoms with E-state index in [-0.39, 0.29) is 5.41 Å². The van der Waals surface area contributed by atoms with E-state index in [0.29, 0.717) is 0 Å². The van der Waals surface area contributed by atoms with E-state index in [9.17, 15) is 0 Å². The lowest BCUT2D eigenvalue weighted by molar-refractivity contribution is 0.412. The second-order valence-corrected chi connectivity index (χ2v) is 7.55. The summed E-state index contributed by atoms with van der Waals surface area (Å²) in [5.41, 5.74) is 7.21. The molecule has 0 spiro atoms. The van der Waals surface area contributed by atoms with Crippen LogP contribution in [0.5, 0.6) is 0 Å². The number of hydrogen-bond acceptors (Lipinski definition) is 3. The van der Waals surface area contributed by atoms with Crippen LogP contribution in [0.4, 0.5) is 0 Å². The molecule has 0 atom stereocenters. The zero-order valence-corrected chi connectivity index (χ0v) is 14.7. The molecule has 4 aromatic rings. The van der Waals surface area contributed by atoms with Crippen LogP contribution in [0, 0.1) is 5.41 Å². The molecule has 0 aliphatic heterocycles. The van der Waals surface area contributed by atoms with Gasteiger partial charge in [-0.2, -0.15) is 0 Å². The predicted molar refractivity (Wildman–Crippen MR) is 100 cm³/mol. The van der Waals surface area contributed by atoms with Gasteiger partial charge in [0.25, 0.3) is 0 Å². The molecule has 0 bridgehead atoms. The molecule has 0 fully saturated rings. The zero-order chi connectivity index (χ0) is 17.4. The maximum absolute atomic E-state index is 4.89. The number of hydrogen-bond donors (Lipinski definition) is 2. The first-order valence-corrected chi connectivity index (χ1v) is 8.42. The molecule has 0 aliphatic carbocycles. The summed E-state index contributed by atoms with van der Waals surface area (Å²) in [6.07, 6.45) is 8.32. The average molecular weight is 331 g/mol. The van der Waals surface area contributed by atoms with Crippen molar-refractivity contribution < 1.29 is 0 Å². The van der Waals surface area contributed by atoms with Gasteiger partial charge in [0.2, 0.25) is 0 Å². The Bertz CT molecular complexity index is 1010. The van der Waals surface area contributed by atoms with Crippen LogP contribution in [0.25, 0.3) is 33.7 Å². The fourth-order valence-corrected chi connectivity index (χ4v) is 3.05. The lowest BCUT2D eigenvalue weighted by Gasteiger charge is -2.16. The average Bonchev–Trinajstić information content (AvgIpc) is 3.24. The van der Waals surface area contributed by atoms with Crippen molar-refractivity contribution in [3.8, 4) is 22.5 Å². The van der Waals surface area contributed by atoms with Crippen LogP contribution in [-0.4, -0.2) is 24.9 Å². The third-order valence-corrected chi connectivity index (χ3v) is 4.15. The van der Waals surface area contributed by atoms with Crippen molar-refractivity contribution >= 4 is 11.2 Å². The first-order chi connectivity index (χ1) is 12.0. The van der Waals surface area contributed by atoms with Gasteiger partial charge in [-0.1, -0.05) is 39.0 Å². The Morgan fingerprint density at radius 1 is 1.04 bits per heavy atom. The minimum absolute atomic E-state index is 0.202. The van der Waals surface area contributed by atoms with Crippen molar-refractivity contribution in [3.05, 3.63) is 54.7 Å². The molecular weight excluding hydrogens is 310 g/mol. The van der Waals surface area contributed by atoms with E-state index in [1.54, 1.807) is 6.33 Å². The minimum atomic E-state index is 0.202. The first kappa shape index (κ1) is 15.6. The smallest absolute Gasteiger partial charge is 0.156 e. The summed E-state index contributed by atoms with van der Waals surface area (Å²) in [7, 11) is 0. The predicted octanol–water partition coefficient (Wildman–Crippen LogP) is 4.60. The highest BCUT2D eigenvalue weighted by Gasteiger charge is 2.16. The fourth-order valence-electron chi connectivity index (χ4n) is 3.05. The Morgan fingerprint density at radius 2 is 1.88 bits per heavy atom. The number of benzene rings is 1.